The van der Waals surface area contributed by atoms with Gasteiger partial charge in [0.05, 0.1) is 5.60 Å². The first-order chi connectivity index (χ1) is 10.4. The van der Waals surface area contributed by atoms with Gasteiger partial charge in [-0.1, -0.05) is 19.1 Å². The second kappa shape index (κ2) is 6.99. The van der Waals surface area contributed by atoms with E-state index in [0.29, 0.717) is 18.7 Å². The molecule has 1 N–H and O–H groups in total. The number of hydrogen-bond acceptors (Lipinski definition) is 3. The normalized spacial score (nSPS) is 11.9. The molecule has 1 aromatic carbocycles. The van der Waals surface area contributed by atoms with Crippen molar-refractivity contribution in [3.63, 3.8) is 0 Å². The maximum atomic E-state index is 14.4. The molecule has 0 bridgehead atoms. The molecule has 1 aromatic heterocycles. The second-order valence-electron chi connectivity index (χ2n) is 6.16. The van der Waals surface area contributed by atoms with Gasteiger partial charge in [0, 0.05) is 31.0 Å². The Bertz CT molecular complexity index is 608. The maximum absolute atomic E-state index is 14.4. The third kappa shape index (κ3) is 4.61. The van der Waals surface area contributed by atoms with Crippen LogP contribution < -0.4 is 0 Å². The lowest BCUT2D eigenvalue weighted by Gasteiger charge is -2.28. The molecule has 0 atom stereocenters. The van der Waals surface area contributed by atoms with Crippen LogP contribution in [-0.2, 0) is 6.54 Å². The molecule has 0 saturated heterocycles. The zero-order valence-electron chi connectivity index (χ0n) is 13.4. The number of halogens is 1. The van der Waals surface area contributed by atoms with Crippen LogP contribution in [0.4, 0.5) is 4.39 Å². The lowest BCUT2D eigenvalue weighted by atomic mass is 10.0. The van der Waals surface area contributed by atoms with Crippen molar-refractivity contribution in [3.05, 3.63) is 54.1 Å². The highest BCUT2D eigenvalue weighted by Crippen LogP contribution is 2.22. The molecule has 4 heteroatoms. The van der Waals surface area contributed by atoms with E-state index in [1.54, 1.807) is 32.3 Å². The predicted octanol–water partition coefficient (Wildman–Crippen LogP) is 3.48. The van der Waals surface area contributed by atoms with Gasteiger partial charge in [0.25, 0.3) is 0 Å². The highest BCUT2D eigenvalue weighted by molar-refractivity contribution is 5.63. The molecule has 0 unspecified atom stereocenters. The number of pyridine rings is 1. The summed E-state index contributed by atoms with van der Waals surface area (Å²) in [5.41, 5.74) is 1.64. The molecule has 0 aliphatic heterocycles. The van der Waals surface area contributed by atoms with Gasteiger partial charge in [-0.15, -0.1) is 0 Å². The van der Waals surface area contributed by atoms with E-state index in [0.717, 1.165) is 17.7 Å². The van der Waals surface area contributed by atoms with Gasteiger partial charge >= 0.3 is 0 Å². The first-order valence-corrected chi connectivity index (χ1v) is 7.52. The van der Waals surface area contributed by atoms with E-state index in [2.05, 4.69) is 4.98 Å². The molecular formula is C18H23FN2O. The fraction of sp³-hybridized carbons (Fsp3) is 0.389. The lowest BCUT2D eigenvalue weighted by Crippen LogP contribution is -2.38. The molecule has 1 heterocycles. The monoisotopic (exact) mass is 302 g/mol. The first-order valence-electron chi connectivity index (χ1n) is 7.52. The van der Waals surface area contributed by atoms with Gasteiger partial charge in [0.15, 0.2) is 0 Å². The summed E-state index contributed by atoms with van der Waals surface area (Å²) in [4.78, 5) is 6.00. The molecule has 0 fully saturated rings. The fourth-order valence-electron chi connectivity index (χ4n) is 2.47. The SMILES string of the molecule is CCN(Cc1ccc(-c2ccncc2)cc1F)CC(C)(C)O. The summed E-state index contributed by atoms with van der Waals surface area (Å²) in [5, 5.41) is 9.92. The van der Waals surface area contributed by atoms with E-state index in [1.807, 2.05) is 36.1 Å². The van der Waals surface area contributed by atoms with Gasteiger partial charge in [-0.2, -0.15) is 0 Å². The minimum absolute atomic E-state index is 0.219. The van der Waals surface area contributed by atoms with Gasteiger partial charge in [0.2, 0.25) is 0 Å². The van der Waals surface area contributed by atoms with Crippen LogP contribution in [0, 0.1) is 5.82 Å². The standard InChI is InChI=1S/C18H23FN2O/c1-4-21(13-18(2,3)22)12-16-6-5-15(11-17(16)19)14-7-9-20-10-8-14/h5-11,22H,4,12-13H2,1-3H3. The minimum Gasteiger partial charge on any atom is -0.389 e. The van der Waals surface area contributed by atoms with Crippen LogP contribution in [0.25, 0.3) is 11.1 Å². The Morgan fingerprint density at radius 3 is 2.36 bits per heavy atom. The van der Waals surface area contributed by atoms with Gasteiger partial charge in [0.1, 0.15) is 5.82 Å². The zero-order valence-corrected chi connectivity index (χ0v) is 13.4. The van der Waals surface area contributed by atoms with Gasteiger partial charge in [-0.05, 0) is 49.7 Å². The van der Waals surface area contributed by atoms with Crippen LogP contribution in [0.15, 0.2) is 42.7 Å². The molecular weight excluding hydrogens is 279 g/mol. The smallest absolute Gasteiger partial charge is 0.128 e. The van der Waals surface area contributed by atoms with Crippen molar-refractivity contribution in [1.29, 1.82) is 0 Å². The summed E-state index contributed by atoms with van der Waals surface area (Å²) in [5.74, 6) is -0.219. The van der Waals surface area contributed by atoms with E-state index in [-0.39, 0.29) is 5.82 Å². The number of rotatable bonds is 6. The number of hydrogen-bond donors (Lipinski definition) is 1. The van der Waals surface area contributed by atoms with E-state index in [4.69, 9.17) is 0 Å². The van der Waals surface area contributed by atoms with Crippen molar-refractivity contribution in [2.45, 2.75) is 32.9 Å². The number of aromatic nitrogens is 1. The van der Waals surface area contributed by atoms with Crippen LogP contribution >= 0.6 is 0 Å². The van der Waals surface area contributed by atoms with Crippen molar-refractivity contribution in [3.8, 4) is 11.1 Å². The summed E-state index contributed by atoms with van der Waals surface area (Å²) in [6.07, 6.45) is 3.40. The predicted molar refractivity (Wildman–Crippen MR) is 86.9 cm³/mol. The van der Waals surface area contributed by atoms with Crippen LogP contribution in [0.3, 0.4) is 0 Å². The number of benzene rings is 1. The maximum Gasteiger partial charge on any atom is 0.128 e. The molecule has 0 radical (unpaired) electrons. The largest absolute Gasteiger partial charge is 0.389 e. The Balaban J connectivity index is 2.16. The topological polar surface area (TPSA) is 36.4 Å². The molecule has 0 spiro atoms. The van der Waals surface area contributed by atoms with Crippen molar-refractivity contribution < 1.29 is 9.50 Å². The quantitative estimate of drug-likeness (QED) is 0.887. The zero-order chi connectivity index (χ0) is 16.2. The Morgan fingerprint density at radius 1 is 1.14 bits per heavy atom. The van der Waals surface area contributed by atoms with Crippen LogP contribution in [0.1, 0.15) is 26.3 Å². The molecule has 0 aliphatic carbocycles. The van der Waals surface area contributed by atoms with E-state index >= 15 is 0 Å². The number of nitrogens with zero attached hydrogens (tertiary/aromatic N) is 2. The summed E-state index contributed by atoms with van der Waals surface area (Å²) in [6, 6.07) is 9.02. The summed E-state index contributed by atoms with van der Waals surface area (Å²) in [6.45, 7) is 7.29. The second-order valence-corrected chi connectivity index (χ2v) is 6.16. The Morgan fingerprint density at radius 2 is 1.82 bits per heavy atom. The van der Waals surface area contributed by atoms with E-state index in [1.165, 1.54) is 0 Å². The minimum atomic E-state index is -0.788. The van der Waals surface area contributed by atoms with Crippen molar-refractivity contribution >= 4 is 0 Å². The van der Waals surface area contributed by atoms with Gasteiger partial charge in [-0.25, -0.2) is 4.39 Å². The Hall–Kier alpha value is -1.78. The highest BCUT2D eigenvalue weighted by Gasteiger charge is 2.18. The van der Waals surface area contributed by atoms with E-state index in [9.17, 15) is 9.50 Å². The molecule has 3 nitrogen and oxygen atoms in total. The number of likely N-dealkylation sites (N-methyl/N-ethyl adjacent to an activating group) is 1. The van der Waals surface area contributed by atoms with Crippen molar-refractivity contribution in [1.82, 2.24) is 9.88 Å². The van der Waals surface area contributed by atoms with E-state index < -0.39 is 5.60 Å². The average molecular weight is 302 g/mol. The summed E-state index contributed by atoms with van der Waals surface area (Å²) in [7, 11) is 0. The third-order valence-electron chi connectivity index (χ3n) is 3.52. The van der Waals surface area contributed by atoms with Crippen LogP contribution in [0.2, 0.25) is 0 Å². The molecule has 2 rings (SSSR count). The lowest BCUT2D eigenvalue weighted by molar-refractivity contribution is 0.0350. The molecule has 0 aliphatic rings. The molecule has 0 saturated carbocycles. The molecule has 0 amide bonds. The van der Waals surface area contributed by atoms with Gasteiger partial charge in [-0.3, -0.25) is 9.88 Å². The molecule has 2 aromatic rings. The summed E-state index contributed by atoms with van der Waals surface area (Å²) < 4.78 is 14.4. The fourth-order valence-corrected chi connectivity index (χ4v) is 2.47. The average Bonchev–Trinajstić information content (AvgIpc) is 2.48. The van der Waals surface area contributed by atoms with Crippen LogP contribution in [0.5, 0.6) is 0 Å². The highest BCUT2D eigenvalue weighted by atomic mass is 19.1. The van der Waals surface area contributed by atoms with Gasteiger partial charge < -0.3 is 5.11 Å². The summed E-state index contributed by atoms with van der Waals surface area (Å²) >= 11 is 0. The molecule has 118 valence electrons. The number of aliphatic hydroxyl groups is 1. The van der Waals surface area contributed by atoms with Crippen LogP contribution in [-0.4, -0.2) is 33.7 Å². The Kier molecular flexibility index (Phi) is 5.27. The third-order valence-corrected chi connectivity index (χ3v) is 3.52. The van der Waals surface area contributed by atoms with Crippen molar-refractivity contribution in [2.24, 2.45) is 0 Å². The molecule has 22 heavy (non-hydrogen) atoms. The Labute approximate surface area is 131 Å². The first kappa shape index (κ1) is 16.6. The van der Waals surface area contributed by atoms with Crippen molar-refractivity contribution in [2.75, 3.05) is 13.1 Å².